The molecule has 138 valence electrons. The molecular formula is C21H20N2O4. The van der Waals surface area contributed by atoms with Crippen molar-refractivity contribution < 1.29 is 19.1 Å². The van der Waals surface area contributed by atoms with Crippen molar-refractivity contribution in [3.8, 4) is 11.4 Å². The van der Waals surface area contributed by atoms with Crippen LogP contribution in [0.2, 0.25) is 0 Å². The minimum absolute atomic E-state index is 0.279. The predicted molar refractivity (Wildman–Crippen MR) is 101 cm³/mol. The number of nitrogens with zero attached hydrogens (tertiary/aromatic N) is 2. The van der Waals surface area contributed by atoms with Gasteiger partial charge < -0.3 is 9.47 Å². The van der Waals surface area contributed by atoms with Crippen LogP contribution in [-0.4, -0.2) is 34.7 Å². The van der Waals surface area contributed by atoms with Gasteiger partial charge in [-0.2, -0.15) is 5.10 Å². The van der Waals surface area contributed by atoms with E-state index in [-0.39, 0.29) is 5.78 Å². The highest BCUT2D eigenvalue weighted by Crippen LogP contribution is 2.17. The number of carbonyl (C=O) groups excluding carboxylic acids is 2. The molecule has 0 spiro atoms. The van der Waals surface area contributed by atoms with Crippen LogP contribution in [0.4, 0.5) is 0 Å². The summed E-state index contributed by atoms with van der Waals surface area (Å²) in [6.45, 7) is 3.34. The number of ether oxygens (including phenoxy) is 2. The van der Waals surface area contributed by atoms with Crippen LogP contribution >= 0.6 is 0 Å². The van der Waals surface area contributed by atoms with E-state index >= 15 is 0 Å². The van der Waals surface area contributed by atoms with Crippen LogP contribution in [0.15, 0.2) is 60.8 Å². The first-order valence-corrected chi connectivity index (χ1v) is 8.50. The third-order valence-corrected chi connectivity index (χ3v) is 4.26. The van der Waals surface area contributed by atoms with E-state index in [1.54, 1.807) is 49.9 Å². The third kappa shape index (κ3) is 3.89. The molecule has 3 rings (SSSR count). The lowest BCUT2D eigenvalue weighted by atomic mass is 10.1. The molecule has 0 aliphatic rings. The van der Waals surface area contributed by atoms with Crippen molar-refractivity contribution in [1.29, 1.82) is 0 Å². The molecule has 0 radical (unpaired) electrons. The van der Waals surface area contributed by atoms with E-state index in [9.17, 15) is 9.59 Å². The van der Waals surface area contributed by atoms with Crippen LogP contribution in [0.25, 0.3) is 5.69 Å². The molecule has 3 aromatic rings. The molecule has 6 heteroatoms. The van der Waals surface area contributed by atoms with Gasteiger partial charge in [0.05, 0.1) is 24.7 Å². The Morgan fingerprint density at radius 3 is 2.33 bits per heavy atom. The monoisotopic (exact) mass is 364 g/mol. The summed E-state index contributed by atoms with van der Waals surface area (Å²) in [6.07, 6.45) is 0.542. The van der Waals surface area contributed by atoms with Crippen molar-refractivity contribution >= 4 is 11.8 Å². The van der Waals surface area contributed by atoms with Gasteiger partial charge in [-0.25, -0.2) is 9.48 Å². The molecule has 27 heavy (non-hydrogen) atoms. The van der Waals surface area contributed by atoms with Gasteiger partial charge in [0.25, 0.3) is 0 Å². The normalized spacial score (nSPS) is 11.7. The van der Waals surface area contributed by atoms with E-state index in [2.05, 4.69) is 5.10 Å². The van der Waals surface area contributed by atoms with Gasteiger partial charge in [-0.3, -0.25) is 4.79 Å². The molecule has 6 nitrogen and oxygen atoms in total. The number of hydrogen-bond donors (Lipinski definition) is 0. The molecule has 0 unspecified atom stereocenters. The van der Waals surface area contributed by atoms with Gasteiger partial charge in [0.15, 0.2) is 6.10 Å². The van der Waals surface area contributed by atoms with Gasteiger partial charge in [0, 0.05) is 5.56 Å². The average Bonchev–Trinajstić information content (AvgIpc) is 3.09. The van der Waals surface area contributed by atoms with Crippen LogP contribution in [0.5, 0.6) is 5.75 Å². The largest absolute Gasteiger partial charge is 0.497 e. The Hall–Kier alpha value is -3.41. The first-order valence-electron chi connectivity index (χ1n) is 8.50. The number of esters is 1. The fraction of sp³-hybridized carbons (Fsp3) is 0.190. The minimum atomic E-state index is -0.912. The zero-order chi connectivity index (χ0) is 19.4. The lowest BCUT2D eigenvalue weighted by Gasteiger charge is -2.12. The fourth-order valence-corrected chi connectivity index (χ4v) is 2.71. The molecule has 0 amide bonds. The Balaban J connectivity index is 1.73. The number of para-hydroxylation sites is 1. The van der Waals surface area contributed by atoms with Gasteiger partial charge >= 0.3 is 5.97 Å². The summed E-state index contributed by atoms with van der Waals surface area (Å²) >= 11 is 0. The summed E-state index contributed by atoms with van der Waals surface area (Å²) in [7, 11) is 1.55. The maximum atomic E-state index is 12.5. The summed E-state index contributed by atoms with van der Waals surface area (Å²) in [5.41, 5.74) is 2.27. The molecule has 0 saturated heterocycles. The maximum Gasteiger partial charge on any atom is 0.342 e. The molecule has 1 aromatic heterocycles. The number of Topliss-reactive ketones (excluding diaryl/α,β-unsaturated/α-hetero) is 1. The first kappa shape index (κ1) is 18.4. The standard InChI is InChI=1S/C21H20N2O4/c1-14-19(13-22-23(14)17-7-5-4-6-8-17)21(25)27-15(2)20(24)16-9-11-18(26-3)12-10-16/h4-13,15H,1-3H3/t15-/m1/s1. The van der Waals surface area contributed by atoms with Gasteiger partial charge in [0.2, 0.25) is 5.78 Å². The topological polar surface area (TPSA) is 70.4 Å². The summed E-state index contributed by atoms with van der Waals surface area (Å²) in [6, 6.07) is 16.1. The zero-order valence-electron chi connectivity index (χ0n) is 15.4. The molecule has 0 saturated carbocycles. The van der Waals surface area contributed by atoms with Crippen LogP contribution in [0, 0.1) is 6.92 Å². The average molecular weight is 364 g/mol. The lowest BCUT2D eigenvalue weighted by Crippen LogP contribution is -2.24. The van der Waals surface area contributed by atoms with E-state index in [0.29, 0.717) is 22.6 Å². The second-order valence-electron chi connectivity index (χ2n) is 6.03. The van der Waals surface area contributed by atoms with Crippen LogP contribution < -0.4 is 4.74 Å². The van der Waals surface area contributed by atoms with Gasteiger partial charge in [-0.15, -0.1) is 0 Å². The Labute approximate surface area is 157 Å². The highest BCUT2D eigenvalue weighted by molar-refractivity contribution is 6.01. The Morgan fingerprint density at radius 2 is 1.70 bits per heavy atom. The number of carbonyl (C=O) groups is 2. The van der Waals surface area contributed by atoms with Crippen molar-refractivity contribution in [2.45, 2.75) is 20.0 Å². The van der Waals surface area contributed by atoms with Crippen molar-refractivity contribution in [3.05, 3.63) is 77.6 Å². The minimum Gasteiger partial charge on any atom is -0.497 e. The second kappa shape index (κ2) is 7.86. The third-order valence-electron chi connectivity index (χ3n) is 4.26. The zero-order valence-corrected chi connectivity index (χ0v) is 15.4. The molecule has 1 atom stereocenters. The molecular weight excluding hydrogens is 344 g/mol. The number of hydrogen-bond acceptors (Lipinski definition) is 5. The predicted octanol–water partition coefficient (Wildman–Crippen LogP) is 3.62. The van der Waals surface area contributed by atoms with E-state index < -0.39 is 12.1 Å². The Kier molecular flexibility index (Phi) is 5.35. The summed E-state index contributed by atoms with van der Waals surface area (Å²) in [4.78, 5) is 25.0. The first-order chi connectivity index (χ1) is 13.0. The molecule has 0 bridgehead atoms. The van der Waals surface area contributed by atoms with Gasteiger partial charge in [-0.1, -0.05) is 18.2 Å². The Morgan fingerprint density at radius 1 is 1.04 bits per heavy atom. The number of methoxy groups -OCH3 is 1. The van der Waals surface area contributed by atoms with Gasteiger partial charge in [-0.05, 0) is 50.2 Å². The summed E-state index contributed by atoms with van der Waals surface area (Å²) < 4.78 is 12.1. The molecule has 0 N–H and O–H groups in total. The highest BCUT2D eigenvalue weighted by Gasteiger charge is 2.23. The molecule has 0 aliphatic carbocycles. The lowest BCUT2D eigenvalue weighted by molar-refractivity contribution is 0.0318. The molecule has 0 aliphatic heterocycles. The van der Waals surface area contributed by atoms with Crippen molar-refractivity contribution in [2.24, 2.45) is 0 Å². The van der Waals surface area contributed by atoms with E-state index in [0.717, 1.165) is 5.69 Å². The fourth-order valence-electron chi connectivity index (χ4n) is 2.71. The molecule has 1 heterocycles. The van der Waals surface area contributed by atoms with E-state index in [1.807, 2.05) is 30.3 Å². The van der Waals surface area contributed by atoms with Gasteiger partial charge in [0.1, 0.15) is 11.3 Å². The van der Waals surface area contributed by atoms with Crippen LogP contribution in [-0.2, 0) is 4.74 Å². The number of benzene rings is 2. The summed E-state index contributed by atoms with van der Waals surface area (Å²) in [5.74, 6) is -0.205. The second-order valence-corrected chi connectivity index (χ2v) is 6.03. The number of rotatable bonds is 6. The van der Waals surface area contributed by atoms with Crippen molar-refractivity contribution in [1.82, 2.24) is 9.78 Å². The van der Waals surface area contributed by atoms with Crippen molar-refractivity contribution in [3.63, 3.8) is 0 Å². The van der Waals surface area contributed by atoms with Crippen molar-refractivity contribution in [2.75, 3.05) is 7.11 Å². The number of ketones is 1. The maximum absolute atomic E-state index is 12.5. The van der Waals surface area contributed by atoms with E-state index in [1.165, 1.54) is 6.20 Å². The Bertz CT molecular complexity index is 946. The smallest absolute Gasteiger partial charge is 0.342 e. The van der Waals surface area contributed by atoms with Crippen LogP contribution in [0.3, 0.4) is 0 Å². The molecule has 0 fully saturated rings. The quantitative estimate of drug-likeness (QED) is 0.493. The highest BCUT2D eigenvalue weighted by atomic mass is 16.5. The number of aromatic nitrogens is 2. The molecule has 2 aromatic carbocycles. The summed E-state index contributed by atoms with van der Waals surface area (Å²) in [5, 5.41) is 4.25. The SMILES string of the molecule is COc1ccc(C(=O)[C@@H](C)OC(=O)c2cnn(-c3ccccc3)c2C)cc1. The van der Waals surface area contributed by atoms with E-state index in [4.69, 9.17) is 9.47 Å². The van der Waals surface area contributed by atoms with Crippen LogP contribution in [0.1, 0.15) is 33.3 Å².